The van der Waals surface area contributed by atoms with E-state index in [1.807, 2.05) is 30.3 Å². The highest BCUT2D eigenvalue weighted by Crippen LogP contribution is 2.28. The van der Waals surface area contributed by atoms with E-state index in [-0.39, 0.29) is 11.5 Å². The molecule has 1 aromatic heterocycles. The summed E-state index contributed by atoms with van der Waals surface area (Å²) in [6.45, 7) is 1.84. The van der Waals surface area contributed by atoms with Crippen LogP contribution in [0.4, 0.5) is 11.5 Å². The number of nitro groups is 1. The molecule has 0 fully saturated rings. The van der Waals surface area contributed by atoms with Crippen molar-refractivity contribution >= 4 is 17.3 Å². The minimum atomic E-state index is -0.486. The molecule has 20 heavy (non-hydrogen) atoms. The topological polar surface area (TPSA) is 77.2 Å². The van der Waals surface area contributed by atoms with Crippen LogP contribution >= 0.6 is 0 Å². The van der Waals surface area contributed by atoms with Gasteiger partial charge in [-0.2, -0.15) is 0 Å². The zero-order valence-corrected chi connectivity index (χ0v) is 11.3. The van der Waals surface area contributed by atoms with Crippen molar-refractivity contribution in [2.24, 2.45) is 7.05 Å². The highest BCUT2D eigenvalue weighted by molar-refractivity contribution is 5.95. The molecule has 0 aliphatic carbocycles. The molecule has 2 rings (SSSR count). The number of ketones is 1. The van der Waals surface area contributed by atoms with Gasteiger partial charge in [-0.1, -0.05) is 30.3 Å². The van der Waals surface area contributed by atoms with Crippen molar-refractivity contribution in [1.82, 2.24) is 4.57 Å². The van der Waals surface area contributed by atoms with Crippen LogP contribution in [0, 0.1) is 10.1 Å². The minimum absolute atomic E-state index is 0.0892. The lowest BCUT2D eigenvalue weighted by Crippen LogP contribution is -2.08. The molecule has 6 nitrogen and oxygen atoms in total. The molecule has 0 aliphatic rings. The fraction of sp³-hybridized carbons (Fsp3) is 0.214. The molecule has 0 radical (unpaired) electrons. The highest BCUT2D eigenvalue weighted by Gasteiger charge is 2.23. The van der Waals surface area contributed by atoms with E-state index in [1.54, 1.807) is 7.05 Å². The Hall–Kier alpha value is -2.63. The van der Waals surface area contributed by atoms with E-state index in [9.17, 15) is 14.9 Å². The standard InChI is InChI=1S/C14H15N3O3/c1-10(18)12-8-13(17(19)20)14(16(12)2)15-9-11-6-4-3-5-7-11/h3-8,15H,9H2,1-2H3. The Labute approximate surface area is 116 Å². The maximum absolute atomic E-state index is 11.5. The molecule has 1 heterocycles. The predicted molar refractivity (Wildman–Crippen MR) is 75.8 cm³/mol. The van der Waals surface area contributed by atoms with Gasteiger partial charge in [-0.15, -0.1) is 0 Å². The second-order valence-electron chi connectivity index (χ2n) is 4.47. The average molecular weight is 273 g/mol. The van der Waals surface area contributed by atoms with Gasteiger partial charge in [0.05, 0.1) is 10.6 Å². The summed E-state index contributed by atoms with van der Waals surface area (Å²) in [5.74, 6) is 0.132. The van der Waals surface area contributed by atoms with Gasteiger partial charge in [0.1, 0.15) is 0 Å². The number of carbonyl (C=O) groups excluding carboxylic acids is 1. The summed E-state index contributed by atoms with van der Waals surface area (Å²) in [4.78, 5) is 22.0. The Morgan fingerprint density at radius 2 is 2.00 bits per heavy atom. The molecular weight excluding hydrogens is 258 g/mol. The average Bonchev–Trinajstić information content (AvgIpc) is 2.75. The summed E-state index contributed by atoms with van der Waals surface area (Å²) in [7, 11) is 1.64. The first-order valence-electron chi connectivity index (χ1n) is 6.13. The molecule has 0 amide bonds. The summed E-state index contributed by atoms with van der Waals surface area (Å²) >= 11 is 0. The van der Waals surface area contributed by atoms with Crippen molar-refractivity contribution in [3.63, 3.8) is 0 Å². The maximum Gasteiger partial charge on any atom is 0.311 e. The predicted octanol–water partition coefficient (Wildman–Crippen LogP) is 2.75. The number of nitrogens with zero attached hydrogens (tertiary/aromatic N) is 2. The van der Waals surface area contributed by atoms with Gasteiger partial charge < -0.3 is 9.88 Å². The van der Waals surface area contributed by atoms with Crippen LogP contribution in [0.15, 0.2) is 36.4 Å². The van der Waals surface area contributed by atoms with Crippen molar-refractivity contribution in [2.45, 2.75) is 13.5 Å². The third-order valence-corrected chi connectivity index (χ3v) is 3.07. The first-order valence-corrected chi connectivity index (χ1v) is 6.13. The van der Waals surface area contributed by atoms with Gasteiger partial charge in [0.15, 0.2) is 11.6 Å². The monoisotopic (exact) mass is 273 g/mol. The van der Waals surface area contributed by atoms with E-state index in [0.717, 1.165) is 5.56 Å². The first kappa shape index (κ1) is 13.8. The molecule has 0 saturated carbocycles. The Morgan fingerprint density at radius 3 is 2.55 bits per heavy atom. The van der Waals surface area contributed by atoms with Crippen LogP contribution in [0.1, 0.15) is 23.0 Å². The summed E-state index contributed by atoms with van der Waals surface area (Å²) in [6, 6.07) is 10.9. The first-order chi connectivity index (χ1) is 9.50. The maximum atomic E-state index is 11.5. The molecule has 1 N–H and O–H groups in total. The van der Waals surface area contributed by atoms with Crippen molar-refractivity contribution in [3.05, 3.63) is 57.8 Å². The Balaban J connectivity index is 2.30. The van der Waals surface area contributed by atoms with E-state index in [1.165, 1.54) is 17.6 Å². The lowest BCUT2D eigenvalue weighted by atomic mass is 10.2. The number of Topliss-reactive ketones (excluding diaryl/α,β-unsaturated/α-hetero) is 1. The van der Waals surface area contributed by atoms with Crippen LogP contribution < -0.4 is 5.32 Å². The summed E-state index contributed by atoms with van der Waals surface area (Å²) < 4.78 is 1.52. The normalized spacial score (nSPS) is 10.3. The van der Waals surface area contributed by atoms with Crippen LogP contribution in [0.3, 0.4) is 0 Å². The number of rotatable bonds is 5. The van der Waals surface area contributed by atoms with Crippen molar-refractivity contribution in [2.75, 3.05) is 5.32 Å². The lowest BCUT2D eigenvalue weighted by molar-refractivity contribution is -0.383. The van der Waals surface area contributed by atoms with Crippen molar-refractivity contribution < 1.29 is 9.72 Å². The zero-order valence-electron chi connectivity index (χ0n) is 11.3. The fourth-order valence-corrected chi connectivity index (χ4v) is 2.05. The Morgan fingerprint density at radius 1 is 1.35 bits per heavy atom. The smallest absolute Gasteiger partial charge is 0.311 e. The number of benzene rings is 1. The largest absolute Gasteiger partial charge is 0.362 e. The molecule has 6 heteroatoms. The summed E-state index contributed by atoms with van der Waals surface area (Å²) in [5.41, 5.74) is 1.23. The van der Waals surface area contributed by atoms with E-state index in [4.69, 9.17) is 0 Å². The van der Waals surface area contributed by atoms with Gasteiger partial charge in [-0.25, -0.2) is 0 Å². The lowest BCUT2D eigenvalue weighted by Gasteiger charge is -2.08. The number of aromatic nitrogens is 1. The third-order valence-electron chi connectivity index (χ3n) is 3.07. The molecule has 0 atom stereocenters. The molecule has 0 saturated heterocycles. The minimum Gasteiger partial charge on any atom is -0.362 e. The number of hydrogen-bond donors (Lipinski definition) is 1. The number of carbonyl (C=O) groups is 1. The van der Waals surface area contributed by atoms with Crippen LogP contribution in [-0.4, -0.2) is 15.3 Å². The second kappa shape index (κ2) is 5.56. The van der Waals surface area contributed by atoms with Gasteiger partial charge in [0.2, 0.25) is 0 Å². The Kier molecular flexibility index (Phi) is 3.84. The SMILES string of the molecule is CC(=O)c1cc([N+](=O)[O-])c(NCc2ccccc2)n1C. The molecule has 104 valence electrons. The van der Waals surface area contributed by atoms with Gasteiger partial charge in [-0.05, 0) is 5.56 Å². The molecule has 1 aromatic carbocycles. The van der Waals surface area contributed by atoms with Gasteiger partial charge in [0, 0.05) is 26.6 Å². The Bertz CT molecular complexity index is 647. The van der Waals surface area contributed by atoms with E-state index < -0.39 is 4.92 Å². The van der Waals surface area contributed by atoms with Gasteiger partial charge in [-0.3, -0.25) is 14.9 Å². The fourth-order valence-electron chi connectivity index (χ4n) is 2.05. The second-order valence-corrected chi connectivity index (χ2v) is 4.47. The molecule has 2 aromatic rings. The van der Waals surface area contributed by atoms with Crippen molar-refractivity contribution in [3.8, 4) is 0 Å². The third kappa shape index (κ3) is 2.69. The summed E-state index contributed by atoms with van der Waals surface area (Å²) in [6.07, 6.45) is 0. The van der Waals surface area contributed by atoms with Crippen LogP contribution in [0.25, 0.3) is 0 Å². The highest BCUT2D eigenvalue weighted by atomic mass is 16.6. The zero-order chi connectivity index (χ0) is 14.7. The van der Waals surface area contributed by atoms with E-state index in [0.29, 0.717) is 18.1 Å². The molecule has 0 bridgehead atoms. The quantitative estimate of drug-likeness (QED) is 0.516. The van der Waals surface area contributed by atoms with E-state index in [2.05, 4.69) is 5.32 Å². The van der Waals surface area contributed by atoms with Crippen molar-refractivity contribution in [1.29, 1.82) is 0 Å². The van der Waals surface area contributed by atoms with Gasteiger partial charge in [0.25, 0.3) is 0 Å². The van der Waals surface area contributed by atoms with Crippen LogP contribution in [-0.2, 0) is 13.6 Å². The van der Waals surface area contributed by atoms with Crippen LogP contribution in [0.5, 0.6) is 0 Å². The molecule has 0 aliphatic heterocycles. The summed E-state index contributed by atoms with van der Waals surface area (Å²) in [5, 5.41) is 14.1. The van der Waals surface area contributed by atoms with Gasteiger partial charge >= 0.3 is 5.69 Å². The molecular formula is C14H15N3O3. The number of hydrogen-bond acceptors (Lipinski definition) is 4. The van der Waals surface area contributed by atoms with Crippen LogP contribution in [0.2, 0.25) is 0 Å². The van der Waals surface area contributed by atoms with E-state index >= 15 is 0 Å². The number of nitrogens with one attached hydrogen (secondary N) is 1. The number of anilines is 1. The molecule has 0 unspecified atom stereocenters. The molecule has 0 spiro atoms.